The molecule has 0 aromatic carbocycles. The van der Waals surface area contributed by atoms with E-state index in [1.54, 1.807) is 18.4 Å². The van der Waals surface area contributed by atoms with Crippen molar-refractivity contribution in [2.24, 2.45) is 5.92 Å². The maximum Gasteiger partial charge on any atom is 0.241 e. The molecule has 17 heavy (non-hydrogen) atoms. The molecule has 0 atom stereocenters. The third-order valence-electron chi connectivity index (χ3n) is 2.36. The summed E-state index contributed by atoms with van der Waals surface area (Å²) in [5.74, 6) is 1.19. The van der Waals surface area contributed by atoms with Crippen LogP contribution in [0, 0.1) is 5.92 Å². The summed E-state index contributed by atoms with van der Waals surface area (Å²) in [6.45, 7) is 4.34. The molecule has 4 heteroatoms. The highest BCUT2D eigenvalue weighted by molar-refractivity contribution is 7.13. The average Bonchev–Trinajstić information content (AvgIpc) is 2.81. The fourth-order valence-corrected chi connectivity index (χ4v) is 2.36. The quantitative estimate of drug-likeness (QED) is 0.831. The first-order valence-corrected chi connectivity index (χ1v) is 6.52. The Labute approximate surface area is 106 Å². The molecular weight excluding hydrogens is 232 g/mol. The van der Waals surface area contributed by atoms with Crippen LogP contribution in [0.5, 0.6) is 5.88 Å². The first-order chi connectivity index (χ1) is 8.20. The second-order valence-corrected chi connectivity index (χ2v) is 5.24. The Balaban J connectivity index is 2.35. The second-order valence-electron chi connectivity index (χ2n) is 4.29. The van der Waals surface area contributed by atoms with Crippen LogP contribution in [-0.4, -0.2) is 17.1 Å². The van der Waals surface area contributed by atoms with Crippen LogP contribution in [0.2, 0.25) is 0 Å². The van der Waals surface area contributed by atoms with Crippen LogP contribution >= 0.6 is 11.3 Å². The van der Waals surface area contributed by atoms with Gasteiger partial charge in [-0.15, -0.1) is 11.3 Å². The van der Waals surface area contributed by atoms with E-state index in [-0.39, 0.29) is 0 Å². The monoisotopic (exact) mass is 248 g/mol. The molecule has 2 aromatic rings. The lowest BCUT2D eigenvalue weighted by Crippen LogP contribution is -2.02. The van der Waals surface area contributed by atoms with Gasteiger partial charge >= 0.3 is 0 Å². The van der Waals surface area contributed by atoms with Crippen LogP contribution in [0.25, 0.3) is 10.6 Å². The Hall–Kier alpha value is -1.42. The van der Waals surface area contributed by atoms with Gasteiger partial charge in [-0.3, -0.25) is 0 Å². The van der Waals surface area contributed by atoms with E-state index in [1.807, 2.05) is 23.7 Å². The van der Waals surface area contributed by atoms with Gasteiger partial charge < -0.3 is 4.74 Å². The van der Waals surface area contributed by atoms with E-state index in [1.165, 1.54) is 0 Å². The molecule has 0 saturated carbocycles. The van der Waals surface area contributed by atoms with E-state index in [0.717, 1.165) is 22.7 Å². The van der Waals surface area contributed by atoms with Gasteiger partial charge in [0.25, 0.3) is 0 Å². The van der Waals surface area contributed by atoms with Crippen molar-refractivity contribution in [3.63, 3.8) is 0 Å². The van der Waals surface area contributed by atoms with Gasteiger partial charge in [0.2, 0.25) is 5.88 Å². The van der Waals surface area contributed by atoms with Crippen molar-refractivity contribution in [1.82, 2.24) is 9.97 Å². The lowest BCUT2D eigenvalue weighted by Gasteiger charge is -2.08. The minimum absolute atomic E-state index is 0.571. The number of nitrogens with zero attached hydrogens (tertiary/aromatic N) is 2. The molecule has 0 N–H and O–H groups in total. The molecule has 0 aliphatic rings. The lowest BCUT2D eigenvalue weighted by atomic mass is 10.1. The zero-order valence-electron chi connectivity index (χ0n) is 10.3. The van der Waals surface area contributed by atoms with Crippen molar-refractivity contribution in [3.05, 3.63) is 29.4 Å². The van der Waals surface area contributed by atoms with Crippen LogP contribution in [0.15, 0.2) is 23.7 Å². The summed E-state index contributed by atoms with van der Waals surface area (Å²) in [4.78, 5) is 10.1. The van der Waals surface area contributed by atoms with Crippen molar-refractivity contribution in [3.8, 4) is 16.5 Å². The van der Waals surface area contributed by atoms with E-state index < -0.39 is 0 Å². The molecule has 0 radical (unpaired) electrons. The van der Waals surface area contributed by atoms with Gasteiger partial charge in [-0.05, 0) is 23.8 Å². The molecule has 0 bridgehead atoms. The molecule has 2 aromatic heterocycles. The summed E-state index contributed by atoms with van der Waals surface area (Å²) >= 11 is 1.64. The minimum atomic E-state index is 0.571. The number of aromatic nitrogens is 2. The number of rotatable bonds is 4. The maximum absolute atomic E-state index is 5.32. The normalized spacial score (nSPS) is 10.8. The van der Waals surface area contributed by atoms with Gasteiger partial charge in [-0.1, -0.05) is 19.9 Å². The average molecular weight is 248 g/mol. The van der Waals surface area contributed by atoms with E-state index in [0.29, 0.717) is 11.8 Å². The second kappa shape index (κ2) is 5.27. The van der Waals surface area contributed by atoms with Crippen molar-refractivity contribution >= 4 is 11.3 Å². The van der Waals surface area contributed by atoms with Gasteiger partial charge in [-0.2, -0.15) is 0 Å². The standard InChI is InChI=1S/C13H16N2OS/c1-9(2)7-10-8-14-12(13(15-10)16-3)11-5-4-6-17-11/h4-6,8-9H,7H2,1-3H3. The van der Waals surface area contributed by atoms with Crippen LogP contribution in [-0.2, 0) is 6.42 Å². The number of thiophene rings is 1. The highest BCUT2D eigenvalue weighted by Gasteiger charge is 2.11. The van der Waals surface area contributed by atoms with Crippen LogP contribution in [0.3, 0.4) is 0 Å². The van der Waals surface area contributed by atoms with Crippen molar-refractivity contribution < 1.29 is 4.74 Å². The van der Waals surface area contributed by atoms with Crippen molar-refractivity contribution in [1.29, 1.82) is 0 Å². The predicted octanol–water partition coefficient (Wildman–Crippen LogP) is 3.41. The highest BCUT2D eigenvalue weighted by Crippen LogP contribution is 2.29. The molecule has 0 fully saturated rings. The van der Waals surface area contributed by atoms with E-state index in [2.05, 4.69) is 23.8 Å². The third-order valence-corrected chi connectivity index (χ3v) is 3.23. The Morgan fingerprint density at radius 1 is 1.41 bits per heavy atom. The molecule has 0 aliphatic carbocycles. The SMILES string of the molecule is COc1nc(CC(C)C)cnc1-c1cccs1. The summed E-state index contributed by atoms with van der Waals surface area (Å²) in [5.41, 5.74) is 1.81. The molecule has 0 spiro atoms. The first-order valence-electron chi connectivity index (χ1n) is 5.64. The van der Waals surface area contributed by atoms with E-state index >= 15 is 0 Å². The Morgan fingerprint density at radius 2 is 2.24 bits per heavy atom. The van der Waals surface area contributed by atoms with Crippen LogP contribution in [0.1, 0.15) is 19.5 Å². The predicted molar refractivity (Wildman–Crippen MR) is 70.4 cm³/mol. The number of hydrogen-bond donors (Lipinski definition) is 0. The molecule has 3 nitrogen and oxygen atoms in total. The summed E-state index contributed by atoms with van der Waals surface area (Å²) < 4.78 is 5.32. The fourth-order valence-electron chi connectivity index (χ4n) is 1.65. The molecule has 0 saturated heterocycles. The van der Waals surface area contributed by atoms with Crippen molar-refractivity contribution in [2.75, 3.05) is 7.11 Å². The Kier molecular flexibility index (Phi) is 3.74. The molecule has 90 valence electrons. The first kappa shape index (κ1) is 12.0. The summed E-state index contributed by atoms with van der Waals surface area (Å²) in [6.07, 6.45) is 2.77. The summed E-state index contributed by atoms with van der Waals surface area (Å²) in [7, 11) is 1.64. The lowest BCUT2D eigenvalue weighted by molar-refractivity contribution is 0.395. The largest absolute Gasteiger partial charge is 0.479 e. The summed E-state index contributed by atoms with van der Waals surface area (Å²) in [6, 6.07) is 4.03. The number of ether oxygens (including phenoxy) is 1. The van der Waals surface area contributed by atoms with E-state index in [9.17, 15) is 0 Å². The molecular formula is C13H16N2OS. The number of hydrogen-bond acceptors (Lipinski definition) is 4. The minimum Gasteiger partial charge on any atom is -0.479 e. The highest BCUT2D eigenvalue weighted by atomic mass is 32.1. The van der Waals surface area contributed by atoms with Crippen LogP contribution in [0.4, 0.5) is 0 Å². The van der Waals surface area contributed by atoms with Gasteiger partial charge in [0.05, 0.1) is 17.7 Å². The molecule has 2 heterocycles. The van der Waals surface area contributed by atoms with Gasteiger partial charge in [0.15, 0.2) is 0 Å². The Bertz CT molecular complexity index is 480. The van der Waals surface area contributed by atoms with Gasteiger partial charge in [0, 0.05) is 6.20 Å². The Morgan fingerprint density at radius 3 is 2.82 bits per heavy atom. The number of methoxy groups -OCH3 is 1. The molecule has 0 unspecified atom stereocenters. The molecule has 2 rings (SSSR count). The molecule has 0 aliphatic heterocycles. The topological polar surface area (TPSA) is 35.0 Å². The fraction of sp³-hybridized carbons (Fsp3) is 0.385. The third kappa shape index (κ3) is 2.82. The van der Waals surface area contributed by atoms with E-state index in [4.69, 9.17) is 4.74 Å². The molecule has 0 amide bonds. The smallest absolute Gasteiger partial charge is 0.241 e. The summed E-state index contributed by atoms with van der Waals surface area (Å²) in [5, 5.41) is 2.03. The van der Waals surface area contributed by atoms with Crippen molar-refractivity contribution in [2.45, 2.75) is 20.3 Å². The van der Waals surface area contributed by atoms with Gasteiger partial charge in [0.1, 0.15) is 5.69 Å². The van der Waals surface area contributed by atoms with Crippen LogP contribution < -0.4 is 4.74 Å². The maximum atomic E-state index is 5.32. The zero-order chi connectivity index (χ0) is 12.3. The zero-order valence-corrected chi connectivity index (χ0v) is 11.1. The van der Waals surface area contributed by atoms with Gasteiger partial charge in [-0.25, -0.2) is 9.97 Å².